The standard InChI is InChI=1S/C22H22FN3O4/c1-14(16-9-11-17(23)12-10-16)24-21(27)15(2)30-22(28)20-19(29-3)13-26(25-20)18-7-5-4-6-8-18/h4-15H,1-3H3,(H,24,27)/t14-,15+/m0/s1. The molecule has 1 amide bonds. The zero-order valence-electron chi connectivity index (χ0n) is 16.8. The average molecular weight is 411 g/mol. The number of halogens is 1. The van der Waals surface area contributed by atoms with E-state index in [0.29, 0.717) is 0 Å². The van der Waals surface area contributed by atoms with Gasteiger partial charge in [0.25, 0.3) is 5.91 Å². The van der Waals surface area contributed by atoms with E-state index in [0.717, 1.165) is 11.3 Å². The third-order valence-corrected chi connectivity index (χ3v) is 4.50. The fraction of sp³-hybridized carbons (Fsp3) is 0.227. The molecule has 0 aliphatic carbocycles. The van der Waals surface area contributed by atoms with Crippen LogP contribution in [0.3, 0.4) is 0 Å². The Morgan fingerprint density at radius 1 is 1.07 bits per heavy atom. The molecule has 1 heterocycles. The SMILES string of the molecule is COc1cn(-c2ccccc2)nc1C(=O)O[C@H](C)C(=O)N[C@@H](C)c1ccc(F)cc1. The molecule has 0 fully saturated rings. The molecule has 0 unspecified atom stereocenters. The van der Waals surface area contributed by atoms with Gasteiger partial charge in [0.1, 0.15) is 5.82 Å². The maximum atomic E-state index is 13.1. The average Bonchev–Trinajstić information content (AvgIpc) is 3.19. The zero-order valence-corrected chi connectivity index (χ0v) is 16.8. The van der Waals surface area contributed by atoms with Crippen molar-refractivity contribution in [3.63, 3.8) is 0 Å². The van der Waals surface area contributed by atoms with Crippen LogP contribution in [0, 0.1) is 5.82 Å². The Morgan fingerprint density at radius 2 is 1.73 bits per heavy atom. The third kappa shape index (κ3) is 4.83. The first-order valence-corrected chi connectivity index (χ1v) is 9.35. The van der Waals surface area contributed by atoms with Crippen molar-refractivity contribution in [1.82, 2.24) is 15.1 Å². The van der Waals surface area contributed by atoms with Crippen molar-refractivity contribution in [1.29, 1.82) is 0 Å². The molecule has 2 atom stereocenters. The predicted molar refractivity (Wildman–Crippen MR) is 108 cm³/mol. The highest BCUT2D eigenvalue weighted by Crippen LogP contribution is 2.21. The van der Waals surface area contributed by atoms with Crippen LogP contribution in [0.2, 0.25) is 0 Å². The second kappa shape index (κ2) is 9.21. The zero-order chi connectivity index (χ0) is 21.7. The van der Waals surface area contributed by atoms with E-state index in [9.17, 15) is 14.0 Å². The van der Waals surface area contributed by atoms with Crippen LogP contribution in [0.25, 0.3) is 5.69 Å². The number of esters is 1. The van der Waals surface area contributed by atoms with E-state index < -0.39 is 18.0 Å². The number of hydrogen-bond donors (Lipinski definition) is 1. The van der Waals surface area contributed by atoms with Gasteiger partial charge in [-0.05, 0) is 43.7 Å². The lowest BCUT2D eigenvalue weighted by Crippen LogP contribution is -2.37. The van der Waals surface area contributed by atoms with E-state index in [1.54, 1.807) is 25.3 Å². The van der Waals surface area contributed by atoms with Gasteiger partial charge < -0.3 is 14.8 Å². The van der Waals surface area contributed by atoms with E-state index >= 15 is 0 Å². The summed E-state index contributed by atoms with van der Waals surface area (Å²) >= 11 is 0. The Balaban J connectivity index is 1.67. The van der Waals surface area contributed by atoms with Crippen molar-refractivity contribution in [2.24, 2.45) is 0 Å². The van der Waals surface area contributed by atoms with Crippen LogP contribution in [0.4, 0.5) is 4.39 Å². The first-order chi connectivity index (χ1) is 14.4. The highest BCUT2D eigenvalue weighted by Gasteiger charge is 2.25. The summed E-state index contributed by atoms with van der Waals surface area (Å²) in [4.78, 5) is 25.0. The van der Waals surface area contributed by atoms with Crippen LogP contribution in [0.5, 0.6) is 5.75 Å². The number of hydrogen-bond acceptors (Lipinski definition) is 5. The smallest absolute Gasteiger partial charge is 0.363 e. The number of aromatic nitrogens is 2. The van der Waals surface area contributed by atoms with Crippen LogP contribution in [-0.2, 0) is 9.53 Å². The Kier molecular flexibility index (Phi) is 6.46. The summed E-state index contributed by atoms with van der Waals surface area (Å²) in [5.74, 6) is -1.39. The molecule has 0 spiro atoms. The first kappa shape index (κ1) is 21.0. The lowest BCUT2D eigenvalue weighted by Gasteiger charge is -2.18. The summed E-state index contributed by atoms with van der Waals surface area (Å²) in [5.41, 5.74) is 1.44. The summed E-state index contributed by atoms with van der Waals surface area (Å²) in [6.07, 6.45) is 0.500. The van der Waals surface area contributed by atoms with Gasteiger partial charge in [-0.1, -0.05) is 30.3 Å². The molecule has 30 heavy (non-hydrogen) atoms. The van der Waals surface area contributed by atoms with E-state index in [4.69, 9.17) is 9.47 Å². The number of carbonyl (C=O) groups is 2. The molecule has 0 radical (unpaired) electrons. The van der Waals surface area contributed by atoms with E-state index in [1.165, 1.54) is 30.8 Å². The molecule has 0 aliphatic heterocycles. The van der Waals surface area contributed by atoms with E-state index in [2.05, 4.69) is 10.4 Å². The van der Waals surface area contributed by atoms with Gasteiger partial charge in [0.15, 0.2) is 11.9 Å². The van der Waals surface area contributed by atoms with Crippen molar-refractivity contribution < 1.29 is 23.5 Å². The number of carbonyl (C=O) groups excluding carboxylic acids is 2. The third-order valence-electron chi connectivity index (χ3n) is 4.50. The minimum atomic E-state index is -1.06. The highest BCUT2D eigenvalue weighted by atomic mass is 19.1. The maximum Gasteiger partial charge on any atom is 0.363 e. The number of benzene rings is 2. The van der Waals surface area contributed by atoms with Crippen LogP contribution in [-0.4, -0.2) is 34.9 Å². The summed E-state index contributed by atoms with van der Waals surface area (Å²) < 4.78 is 25.1. The second-order valence-corrected chi connectivity index (χ2v) is 6.66. The monoisotopic (exact) mass is 411 g/mol. The van der Waals surface area contributed by atoms with E-state index in [1.807, 2.05) is 30.3 Å². The molecule has 0 bridgehead atoms. The fourth-order valence-corrected chi connectivity index (χ4v) is 2.80. The number of methoxy groups -OCH3 is 1. The molecular formula is C22H22FN3O4. The number of ether oxygens (including phenoxy) is 2. The van der Waals surface area contributed by atoms with Crippen molar-refractivity contribution in [3.8, 4) is 11.4 Å². The molecule has 1 aromatic heterocycles. The van der Waals surface area contributed by atoms with Crippen LogP contribution in [0.1, 0.15) is 35.9 Å². The van der Waals surface area contributed by atoms with Gasteiger partial charge in [-0.2, -0.15) is 5.10 Å². The van der Waals surface area contributed by atoms with Crippen LogP contribution in [0.15, 0.2) is 60.8 Å². The quantitative estimate of drug-likeness (QED) is 0.602. The van der Waals surface area contributed by atoms with Crippen molar-refractivity contribution in [3.05, 3.63) is 77.9 Å². The number of nitrogens with one attached hydrogen (secondary N) is 1. The molecule has 156 valence electrons. The van der Waals surface area contributed by atoms with Crippen molar-refractivity contribution in [2.45, 2.75) is 26.0 Å². The van der Waals surface area contributed by atoms with Crippen LogP contribution >= 0.6 is 0 Å². The van der Waals surface area contributed by atoms with Gasteiger partial charge in [0.2, 0.25) is 5.69 Å². The first-order valence-electron chi connectivity index (χ1n) is 9.35. The number of amides is 1. The van der Waals surface area contributed by atoms with Crippen LogP contribution < -0.4 is 10.1 Å². The lowest BCUT2D eigenvalue weighted by molar-refractivity contribution is -0.129. The minimum absolute atomic E-state index is 0.0346. The molecule has 8 heteroatoms. The minimum Gasteiger partial charge on any atom is -0.493 e. The van der Waals surface area contributed by atoms with E-state index in [-0.39, 0.29) is 23.3 Å². The normalized spacial score (nSPS) is 12.7. The number of para-hydroxylation sites is 1. The Hall–Kier alpha value is -3.68. The molecule has 1 N–H and O–H groups in total. The highest BCUT2D eigenvalue weighted by molar-refractivity contribution is 5.93. The summed E-state index contributed by atoms with van der Waals surface area (Å²) in [6, 6.07) is 14.6. The molecule has 7 nitrogen and oxygen atoms in total. The number of rotatable bonds is 7. The molecule has 0 saturated heterocycles. The molecule has 3 rings (SSSR count). The lowest BCUT2D eigenvalue weighted by atomic mass is 10.1. The van der Waals surface area contributed by atoms with Crippen molar-refractivity contribution >= 4 is 11.9 Å². The predicted octanol–water partition coefficient (Wildman–Crippen LogP) is 3.44. The largest absolute Gasteiger partial charge is 0.493 e. The van der Waals surface area contributed by atoms with Gasteiger partial charge in [0, 0.05) is 0 Å². The van der Waals surface area contributed by atoms with Gasteiger partial charge in [0.05, 0.1) is 25.0 Å². The fourth-order valence-electron chi connectivity index (χ4n) is 2.80. The summed E-state index contributed by atoms with van der Waals surface area (Å²) in [6.45, 7) is 3.22. The van der Waals surface area contributed by atoms with Crippen molar-refractivity contribution in [2.75, 3.05) is 7.11 Å². The summed E-state index contributed by atoms with van der Waals surface area (Å²) in [7, 11) is 1.42. The molecular weight excluding hydrogens is 389 g/mol. The topological polar surface area (TPSA) is 82.5 Å². The van der Waals surface area contributed by atoms with Gasteiger partial charge in [-0.3, -0.25) is 4.79 Å². The molecule has 3 aromatic rings. The Bertz CT molecular complexity index is 1020. The molecule has 0 saturated carbocycles. The Morgan fingerprint density at radius 3 is 2.37 bits per heavy atom. The van der Waals surface area contributed by atoms with Gasteiger partial charge in [-0.15, -0.1) is 0 Å². The van der Waals surface area contributed by atoms with Gasteiger partial charge in [-0.25, -0.2) is 13.9 Å². The Labute approximate surface area is 173 Å². The maximum absolute atomic E-state index is 13.1. The molecule has 0 aliphatic rings. The second-order valence-electron chi connectivity index (χ2n) is 6.66. The van der Waals surface area contributed by atoms with Gasteiger partial charge >= 0.3 is 5.97 Å². The molecule has 2 aromatic carbocycles. The summed E-state index contributed by atoms with van der Waals surface area (Å²) in [5, 5.41) is 6.97. The number of nitrogens with zero attached hydrogens (tertiary/aromatic N) is 2.